The molecule has 4 nitrogen and oxygen atoms in total. The summed E-state index contributed by atoms with van der Waals surface area (Å²) in [5, 5.41) is 0.555. The smallest absolute Gasteiger partial charge is 0.379 e. The molecule has 1 aromatic carbocycles. The number of rotatable bonds is 4. The number of carbonyl (C=O) groups is 2. The Bertz CT molecular complexity index is 536. The number of esters is 1. The first-order chi connectivity index (χ1) is 10.0. The van der Waals surface area contributed by atoms with Gasteiger partial charge >= 0.3 is 5.97 Å². The summed E-state index contributed by atoms with van der Waals surface area (Å²) < 4.78 is 4.72. The summed E-state index contributed by atoms with van der Waals surface area (Å²) in [6.07, 6.45) is 2.11. The van der Waals surface area contributed by atoms with Gasteiger partial charge in [0.15, 0.2) is 0 Å². The molecule has 1 saturated heterocycles. The van der Waals surface area contributed by atoms with Gasteiger partial charge in [-0.3, -0.25) is 4.79 Å². The van der Waals surface area contributed by atoms with Gasteiger partial charge in [-0.2, -0.15) is 0 Å². The third kappa shape index (κ3) is 3.83. The lowest BCUT2D eigenvalue weighted by Gasteiger charge is -2.29. The molecule has 114 valence electrons. The van der Waals surface area contributed by atoms with Crippen LogP contribution in [0.5, 0.6) is 0 Å². The van der Waals surface area contributed by atoms with Crippen LogP contribution in [0.25, 0.3) is 0 Å². The molecule has 0 aliphatic carbocycles. The van der Waals surface area contributed by atoms with Gasteiger partial charge in [0.1, 0.15) is 0 Å². The van der Waals surface area contributed by atoms with Gasteiger partial charge < -0.3 is 9.64 Å². The summed E-state index contributed by atoms with van der Waals surface area (Å²) >= 11 is 6.31. The van der Waals surface area contributed by atoms with Gasteiger partial charge in [-0.05, 0) is 57.5 Å². The van der Waals surface area contributed by atoms with E-state index in [1.54, 1.807) is 19.1 Å². The average molecular weight is 310 g/mol. The number of Topliss-reactive ketones (excluding diaryl/α,β-unsaturated/α-hetero) is 1. The zero-order chi connectivity index (χ0) is 15.4. The lowest BCUT2D eigenvalue weighted by atomic mass is 9.89. The second-order valence-corrected chi connectivity index (χ2v) is 5.77. The van der Waals surface area contributed by atoms with E-state index in [1.807, 2.05) is 6.07 Å². The minimum absolute atomic E-state index is 0.186. The van der Waals surface area contributed by atoms with E-state index in [2.05, 4.69) is 11.9 Å². The van der Waals surface area contributed by atoms with Gasteiger partial charge in [-0.25, -0.2) is 4.79 Å². The van der Waals surface area contributed by atoms with Crippen molar-refractivity contribution in [3.8, 4) is 0 Å². The largest absolute Gasteiger partial charge is 0.460 e. The maximum atomic E-state index is 11.9. The maximum Gasteiger partial charge on any atom is 0.379 e. The summed E-state index contributed by atoms with van der Waals surface area (Å²) in [4.78, 5) is 25.6. The van der Waals surface area contributed by atoms with Crippen LogP contribution in [0, 0.1) is 0 Å². The van der Waals surface area contributed by atoms with Crippen molar-refractivity contribution >= 4 is 23.4 Å². The Balaban J connectivity index is 2.14. The molecule has 0 bridgehead atoms. The zero-order valence-electron chi connectivity index (χ0n) is 12.4. The van der Waals surface area contributed by atoms with E-state index in [0.717, 1.165) is 31.5 Å². The van der Waals surface area contributed by atoms with Gasteiger partial charge in [0.2, 0.25) is 0 Å². The first-order valence-electron chi connectivity index (χ1n) is 7.22. The van der Waals surface area contributed by atoms with Gasteiger partial charge in [0.25, 0.3) is 5.78 Å². The monoisotopic (exact) mass is 309 g/mol. The van der Waals surface area contributed by atoms with Crippen molar-refractivity contribution in [2.24, 2.45) is 0 Å². The first-order valence-corrected chi connectivity index (χ1v) is 7.60. The van der Waals surface area contributed by atoms with Crippen molar-refractivity contribution in [2.45, 2.75) is 25.7 Å². The summed E-state index contributed by atoms with van der Waals surface area (Å²) in [6, 6.07) is 5.11. The fourth-order valence-corrected chi connectivity index (χ4v) is 2.97. The van der Waals surface area contributed by atoms with Crippen molar-refractivity contribution in [1.29, 1.82) is 0 Å². The van der Waals surface area contributed by atoms with E-state index in [4.69, 9.17) is 16.3 Å². The van der Waals surface area contributed by atoms with Crippen LogP contribution in [-0.2, 0) is 9.53 Å². The molecule has 0 atom stereocenters. The summed E-state index contributed by atoms with van der Waals surface area (Å²) in [5.74, 6) is -1.06. The number of likely N-dealkylation sites (tertiary alicyclic amines) is 1. The van der Waals surface area contributed by atoms with Crippen molar-refractivity contribution in [3.63, 3.8) is 0 Å². The van der Waals surface area contributed by atoms with Gasteiger partial charge in [0.05, 0.1) is 6.61 Å². The molecule has 0 spiro atoms. The molecule has 0 unspecified atom stereocenters. The number of piperidine rings is 1. The lowest BCUT2D eigenvalue weighted by Crippen LogP contribution is -2.29. The standard InChI is InChI=1S/C16H20ClNO3/c1-3-21-16(20)15(19)12-4-5-13(14(17)10-12)11-6-8-18(2)9-7-11/h4-5,10-11H,3,6-9H2,1-2H3. The number of ketones is 1. The number of carbonyl (C=O) groups excluding carboxylic acids is 2. The highest BCUT2D eigenvalue weighted by Gasteiger charge is 2.23. The molecule has 1 fully saturated rings. The SMILES string of the molecule is CCOC(=O)C(=O)c1ccc(C2CCN(C)CC2)c(Cl)c1. The van der Waals surface area contributed by atoms with E-state index in [1.165, 1.54) is 0 Å². The predicted molar refractivity (Wildman–Crippen MR) is 81.9 cm³/mol. The molecule has 1 heterocycles. The van der Waals surface area contributed by atoms with Crippen LogP contribution in [0.3, 0.4) is 0 Å². The van der Waals surface area contributed by atoms with Crippen LogP contribution in [-0.4, -0.2) is 43.4 Å². The van der Waals surface area contributed by atoms with E-state index in [-0.39, 0.29) is 12.2 Å². The van der Waals surface area contributed by atoms with Crippen molar-refractivity contribution in [1.82, 2.24) is 4.90 Å². The molecule has 0 aromatic heterocycles. The quantitative estimate of drug-likeness (QED) is 0.487. The normalized spacial score (nSPS) is 16.7. The zero-order valence-corrected chi connectivity index (χ0v) is 13.2. The molecule has 21 heavy (non-hydrogen) atoms. The summed E-state index contributed by atoms with van der Waals surface area (Å²) in [7, 11) is 2.11. The Morgan fingerprint density at radius 3 is 2.57 bits per heavy atom. The number of halogens is 1. The number of benzene rings is 1. The molecule has 0 N–H and O–H groups in total. The van der Waals surface area contributed by atoms with Gasteiger partial charge in [-0.15, -0.1) is 0 Å². The highest BCUT2D eigenvalue weighted by Crippen LogP contribution is 2.33. The molecule has 1 aliphatic rings. The molecule has 1 aromatic rings. The van der Waals surface area contributed by atoms with Crippen molar-refractivity contribution in [2.75, 3.05) is 26.7 Å². The molecular formula is C16H20ClNO3. The Labute approximate surface area is 130 Å². The molecule has 5 heteroatoms. The van der Waals surface area contributed by atoms with E-state index < -0.39 is 11.8 Å². The van der Waals surface area contributed by atoms with Crippen LogP contribution in [0.15, 0.2) is 18.2 Å². The predicted octanol–water partition coefficient (Wildman–Crippen LogP) is 2.90. The van der Waals surface area contributed by atoms with Crippen molar-refractivity contribution in [3.05, 3.63) is 34.3 Å². The second kappa shape index (κ2) is 7.05. The van der Waals surface area contributed by atoms with Gasteiger partial charge in [-0.1, -0.05) is 23.7 Å². The molecule has 1 aliphatic heterocycles. The fraction of sp³-hybridized carbons (Fsp3) is 0.500. The van der Waals surface area contributed by atoms with Gasteiger partial charge in [0, 0.05) is 10.6 Å². The van der Waals surface area contributed by atoms with Crippen LogP contribution in [0.2, 0.25) is 5.02 Å². The summed E-state index contributed by atoms with van der Waals surface area (Å²) in [6.45, 7) is 3.95. The minimum Gasteiger partial charge on any atom is -0.460 e. The fourth-order valence-electron chi connectivity index (χ4n) is 2.63. The number of hydrogen-bond acceptors (Lipinski definition) is 4. The minimum atomic E-state index is -0.833. The van der Waals surface area contributed by atoms with E-state index in [9.17, 15) is 9.59 Å². The number of nitrogens with zero attached hydrogens (tertiary/aromatic N) is 1. The molecule has 0 amide bonds. The number of hydrogen-bond donors (Lipinski definition) is 0. The van der Waals surface area contributed by atoms with Crippen LogP contribution in [0.1, 0.15) is 41.6 Å². The molecular weight excluding hydrogens is 290 g/mol. The highest BCUT2D eigenvalue weighted by molar-refractivity contribution is 6.41. The Hall–Kier alpha value is -1.39. The molecule has 2 rings (SSSR count). The van der Waals surface area contributed by atoms with Crippen LogP contribution in [0.4, 0.5) is 0 Å². The van der Waals surface area contributed by atoms with Crippen LogP contribution >= 0.6 is 11.6 Å². The molecule has 0 saturated carbocycles. The second-order valence-electron chi connectivity index (χ2n) is 5.36. The Morgan fingerprint density at radius 2 is 2.00 bits per heavy atom. The third-order valence-electron chi connectivity index (χ3n) is 3.88. The first kappa shape index (κ1) is 16.0. The Kier molecular flexibility index (Phi) is 5.37. The topological polar surface area (TPSA) is 46.6 Å². The average Bonchev–Trinajstić information content (AvgIpc) is 2.48. The van der Waals surface area contributed by atoms with Crippen LogP contribution < -0.4 is 0 Å². The maximum absolute atomic E-state index is 11.9. The number of ether oxygens (including phenoxy) is 1. The third-order valence-corrected chi connectivity index (χ3v) is 4.21. The Morgan fingerprint density at radius 1 is 1.33 bits per heavy atom. The summed E-state index contributed by atoms with van der Waals surface area (Å²) in [5.41, 5.74) is 1.35. The molecule has 0 radical (unpaired) electrons. The van der Waals surface area contributed by atoms with E-state index >= 15 is 0 Å². The van der Waals surface area contributed by atoms with E-state index in [0.29, 0.717) is 10.9 Å². The van der Waals surface area contributed by atoms with Crippen molar-refractivity contribution < 1.29 is 14.3 Å². The highest BCUT2D eigenvalue weighted by atomic mass is 35.5. The lowest BCUT2D eigenvalue weighted by molar-refractivity contribution is -0.137.